The number of para-hydroxylation sites is 2. The second kappa shape index (κ2) is 9.55. The number of terminal acetylenes is 1. The second-order valence-electron chi connectivity index (χ2n) is 6.97. The van der Waals surface area contributed by atoms with Crippen molar-refractivity contribution in [2.45, 2.75) is 0 Å². The van der Waals surface area contributed by atoms with Gasteiger partial charge in [0.05, 0.1) is 11.4 Å². The van der Waals surface area contributed by atoms with Crippen molar-refractivity contribution in [1.29, 1.82) is 0 Å². The van der Waals surface area contributed by atoms with Crippen molar-refractivity contribution in [3.05, 3.63) is 94.5 Å². The third-order valence-corrected chi connectivity index (χ3v) is 5.35. The standard InChI is InChI=1S/C26H17BrN2O4/c1-2-15-33-23-14-13-19(27)16-18(23)17-22-24(30)28(20-9-5-3-6-10-20)26(32)29(25(22)31)21-11-7-4-8-12-21/h1,3-14,16-17H,15H2. The van der Waals surface area contributed by atoms with Crippen molar-refractivity contribution < 1.29 is 19.1 Å². The van der Waals surface area contributed by atoms with E-state index >= 15 is 0 Å². The Balaban J connectivity index is 1.88. The van der Waals surface area contributed by atoms with Gasteiger partial charge in [0.2, 0.25) is 0 Å². The molecule has 6 nitrogen and oxygen atoms in total. The van der Waals surface area contributed by atoms with E-state index in [1.165, 1.54) is 6.08 Å². The molecule has 0 bridgehead atoms. The third kappa shape index (κ3) is 4.43. The molecule has 3 aromatic rings. The van der Waals surface area contributed by atoms with Gasteiger partial charge in [-0.15, -0.1) is 6.42 Å². The van der Waals surface area contributed by atoms with Gasteiger partial charge in [0, 0.05) is 10.0 Å². The van der Waals surface area contributed by atoms with Gasteiger partial charge in [-0.3, -0.25) is 9.59 Å². The summed E-state index contributed by atoms with van der Waals surface area (Å²) in [6, 6.07) is 21.3. The maximum Gasteiger partial charge on any atom is 0.343 e. The van der Waals surface area contributed by atoms with E-state index in [0.717, 1.165) is 9.80 Å². The smallest absolute Gasteiger partial charge is 0.343 e. The van der Waals surface area contributed by atoms with E-state index in [4.69, 9.17) is 11.2 Å². The molecule has 1 heterocycles. The van der Waals surface area contributed by atoms with Crippen molar-refractivity contribution in [2.75, 3.05) is 16.4 Å². The third-order valence-electron chi connectivity index (χ3n) is 4.86. The maximum atomic E-state index is 13.4. The molecule has 1 aliphatic heterocycles. The monoisotopic (exact) mass is 500 g/mol. The van der Waals surface area contributed by atoms with Crippen LogP contribution in [0.2, 0.25) is 0 Å². The van der Waals surface area contributed by atoms with E-state index in [1.807, 2.05) is 0 Å². The van der Waals surface area contributed by atoms with Gasteiger partial charge >= 0.3 is 6.03 Å². The lowest BCUT2D eigenvalue weighted by Gasteiger charge is -2.34. The number of benzene rings is 3. The summed E-state index contributed by atoms with van der Waals surface area (Å²) >= 11 is 3.40. The molecule has 0 atom stereocenters. The molecule has 33 heavy (non-hydrogen) atoms. The summed E-state index contributed by atoms with van der Waals surface area (Å²) < 4.78 is 6.30. The lowest BCUT2D eigenvalue weighted by molar-refractivity contribution is -0.121. The lowest BCUT2D eigenvalue weighted by Crippen LogP contribution is -2.57. The molecule has 4 rings (SSSR count). The number of rotatable bonds is 5. The fourth-order valence-electron chi connectivity index (χ4n) is 3.38. The molecule has 0 spiro atoms. The molecule has 1 saturated heterocycles. The van der Waals surface area contributed by atoms with Gasteiger partial charge in [-0.05, 0) is 48.5 Å². The van der Waals surface area contributed by atoms with Crippen LogP contribution in [0.4, 0.5) is 16.2 Å². The number of hydrogen-bond acceptors (Lipinski definition) is 4. The van der Waals surface area contributed by atoms with E-state index in [1.54, 1.807) is 78.9 Å². The van der Waals surface area contributed by atoms with Gasteiger partial charge in [-0.2, -0.15) is 0 Å². The first-order valence-corrected chi connectivity index (χ1v) is 10.7. The molecule has 0 aliphatic carbocycles. The van der Waals surface area contributed by atoms with Crippen LogP contribution < -0.4 is 14.5 Å². The molecule has 7 heteroatoms. The van der Waals surface area contributed by atoms with E-state index in [9.17, 15) is 14.4 Å². The Morgan fingerprint density at radius 2 is 1.39 bits per heavy atom. The topological polar surface area (TPSA) is 66.9 Å². The van der Waals surface area contributed by atoms with Crippen LogP contribution in [0, 0.1) is 12.3 Å². The van der Waals surface area contributed by atoms with Gasteiger partial charge in [-0.25, -0.2) is 14.6 Å². The molecule has 0 radical (unpaired) electrons. The van der Waals surface area contributed by atoms with Crippen LogP contribution in [0.15, 0.2) is 88.9 Å². The van der Waals surface area contributed by atoms with Gasteiger partial charge < -0.3 is 4.74 Å². The lowest BCUT2D eigenvalue weighted by atomic mass is 10.0. The molecular formula is C26H17BrN2O4. The van der Waals surface area contributed by atoms with Gasteiger partial charge in [0.15, 0.2) is 0 Å². The van der Waals surface area contributed by atoms with Gasteiger partial charge in [0.1, 0.15) is 17.9 Å². The molecule has 1 aliphatic rings. The number of urea groups is 1. The number of hydrogen-bond donors (Lipinski definition) is 0. The number of barbiturate groups is 1. The highest BCUT2D eigenvalue weighted by Crippen LogP contribution is 2.32. The first-order valence-electron chi connectivity index (χ1n) is 9.91. The van der Waals surface area contributed by atoms with Crippen molar-refractivity contribution in [2.24, 2.45) is 0 Å². The minimum Gasteiger partial charge on any atom is -0.480 e. The highest BCUT2D eigenvalue weighted by atomic mass is 79.9. The summed E-state index contributed by atoms with van der Waals surface area (Å²) in [4.78, 5) is 42.2. The number of imide groups is 2. The normalized spacial score (nSPS) is 13.7. The van der Waals surface area contributed by atoms with Crippen LogP contribution in [0.25, 0.3) is 6.08 Å². The van der Waals surface area contributed by atoms with Crippen LogP contribution in [0.5, 0.6) is 5.75 Å². The number of halogens is 1. The largest absolute Gasteiger partial charge is 0.480 e. The van der Waals surface area contributed by atoms with E-state index in [0.29, 0.717) is 27.2 Å². The summed E-state index contributed by atoms with van der Waals surface area (Å²) in [5.74, 6) is 1.33. The zero-order valence-electron chi connectivity index (χ0n) is 17.3. The molecular weight excluding hydrogens is 484 g/mol. The fraction of sp³-hybridized carbons (Fsp3) is 0.0385. The number of carbonyl (C=O) groups excluding carboxylic acids is 3. The Bertz CT molecular complexity index is 1230. The quantitative estimate of drug-likeness (QED) is 0.279. The zero-order valence-corrected chi connectivity index (χ0v) is 18.9. The molecule has 3 aromatic carbocycles. The Morgan fingerprint density at radius 1 is 0.848 bits per heavy atom. The number of nitrogens with zero attached hydrogens (tertiary/aromatic N) is 2. The summed E-state index contributed by atoms with van der Waals surface area (Å²) in [5.41, 5.74) is 0.979. The maximum absolute atomic E-state index is 13.4. The van der Waals surface area contributed by atoms with Crippen LogP contribution in [-0.4, -0.2) is 24.5 Å². The SMILES string of the molecule is C#CCOc1ccc(Br)cc1C=C1C(=O)N(c2ccccc2)C(=O)N(c2ccccc2)C1=O. The Morgan fingerprint density at radius 3 is 1.91 bits per heavy atom. The fourth-order valence-corrected chi connectivity index (χ4v) is 3.76. The van der Waals surface area contributed by atoms with Crippen LogP contribution >= 0.6 is 15.9 Å². The first-order chi connectivity index (χ1) is 16.0. The average Bonchev–Trinajstić information content (AvgIpc) is 2.83. The van der Waals surface area contributed by atoms with E-state index in [-0.39, 0.29) is 12.2 Å². The minimum absolute atomic E-state index is 0.0183. The summed E-state index contributed by atoms with van der Waals surface area (Å²) in [6.07, 6.45) is 6.72. The molecule has 162 valence electrons. The number of amides is 4. The molecule has 4 amide bonds. The van der Waals surface area contributed by atoms with Gasteiger partial charge in [-0.1, -0.05) is 58.2 Å². The Labute approximate surface area is 199 Å². The summed E-state index contributed by atoms with van der Waals surface area (Å²) in [6.45, 7) is 0.0183. The van der Waals surface area contributed by atoms with Crippen molar-refractivity contribution in [3.63, 3.8) is 0 Å². The van der Waals surface area contributed by atoms with Crippen LogP contribution in [-0.2, 0) is 9.59 Å². The van der Waals surface area contributed by atoms with Crippen LogP contribution in [0.3, 0.4) is 0 Å². The minimum atomic E-state index is -0.752. The highest BCUT2D eigenvalue weighted by Gasteiger charge is 2.43. The summed E-state index contributed by atoms with van der Waals surface area (Å²) in [7, 11) is 0. The Hall–Kier alpha value is -4.15. The molecule has 0 unspecified atom stereocenters. The number of carbonyl (C=O) groups is 3. The number of anilines is 2. The average molecular weight is 501 g/mol. The predicted molar refractivity (Wildman–Crippen MR) is 130 cm³/mol. The number of ether oxygens (including phenoxy) is 1. The molecule has 0 N–H and O–H groups in total. The second-order valence-corrected chi connectivity index (χ2v) is 7.88. The molecule has 1 fully saturated rings. The zero-order chi connectivity index (χ0) is 23.4. The molecule has 0 saturated carbocycles. The van der Waals surface area contributed by atoms with Crippen molar-refractivity contribution in [1.82, 2.24) is 0 Å². The molecule has 0 aromatic heterocycles. The summed E-state index contributed by atoms with van der Waals surface area (Å²) in [5, 5.41) is 0. The first kappa shape index (κ1) is 22.1. The van der Waals surface area contributed by atoms with Crippen molar-refractivity contribution >= 4 is 51.2 Å². The highest BCUT2D eigenvalue weighted by molar-refractivity contribution is 9.10. The van der Waals surface area contributed by atoms with Crippen LogP contribution in [0.1, 0.15) is 5.56 Å². The Kier molecular flexibility index (Phi) is 6.38. The predicted octanol–water partition coefficient (Wildman–Crippen LogP) is 5.04. The van der Waals surface area contributed by atoms with E-state index in [2.05, 4.69) is 21.9 Å². The van der Waals surface area contributed by atoms with Crippen molar-refractivity contribution in [3.8, 4) is 18.1 Å². The van der Waals surface area contributed by atoms with E-state index < -0.39 is 17.8 Å². The van der Waals surface area contributed by atoms with Gasteiger partial charge in [0.25, 0.3) is 11.8 Å².